The molecule has 0 saturated heterocycles. The Hall–Kier alpha value is -0.870. The molecular weight excluding hydrogens is 246 g/mol. The third kappa shape index (κ3) is 3.56. The second-order valence-corrected chi connectivity index (χ2v) is 6.97. The molecule has 0 aliphatic rings. The van der Waals surface area contributed by atoms with Gasteiger partial charge in [0.1, 0.15) is 5.75 Å². The van der Waals surface area contributed by atoms with Crippen LogP contribution in [-0.4, -0.2) is 28.9 Å². The van der Waals surface area contributed by atoms with Gasteiger partial charge in [0.15, 0.2) is 0 Å². The van der Waals surface area contributed by atoms with Crippen LogP contribution in [0.25, 0.3) is 0 Å². The zero-order valence-corrected chi connectivity index (χ0v) is 12.6. The summed E-state index contributed by atoms with van der Waals surface area (Å²) in [6, 6.07) is 8.01. The van der Waals surface area contributed by atoms with Gasteiger partial charge in [-0.15, -0.1) is 0 Å². The molecule has 0 fully saturated rings. The van der Waals surface area contributed by atoms with E-state index in [9.17, 15) is 4.21 Å². The Bertz CT molecular complexity index is 389. The standard InChI is InChI=1S/C14H23NO2S/c1-10(2)18(16)11(3)14(15-4)12-6-8-13(17-5)9-7-12/h6-11,14-15H,1-5H3. The molecule has 0 heterocycles. The molecule has 0 aromatic heterocycles. The largest absolute Gasteiger partial charge is 0.497 e. The molecule has 18 heavy (non-hydrogen) atoms. The molecule has 0 spiro atoms. The lowest BCUT2D eigenvalue weighted by molar-refractivity contribution is 0.414. The maximum Gasteiger partial charge on any atom is 0.118 e. The molecule has 0 aliphatic carbocycles. The van der Waals surface area contributed by atoms with Crippen molar-refractivity contribution in [3.05, 3.63) is 29.8 Å². The Balaban J connectivity index is 2.91. The molecule has 4 heteroatoms. The summed E-state index contributed by atoms with van der Waals surface area (Å²) in [5, 5.41) is 3.51. The molecule has 0 saturated carbocycles. The summed E-state index contributed by atoms with van der Waals surface area (Å²) in [6.07, 6.45) is 0. The first-order valence-corrected chi connectivity index (χ1v) is 7.49. The Morgan fingerprint density at radius 3 is 2.11 bits per heavy atom. The van der Waals surface area contributed by atoms with Crippen molar-refractivity contribution in [3.63, 3.8) is 0 Å². The van der Waals surface area contributed by atoms with Crippen molar-refractivity contribution in [1.82, 2.24) is 5.32 Å². The highest BCUT2D eigenvalue weighted by Crippen LogP contribution is 2.24. The van der Waals surface area contributed by atoms with E-state index in [1.54, 1.807) is 7.11 Å². The molecule has 1 N–H and O–H groups in total. The van der Waals surface area contributed by atoms with Crippen molar-refractivity contribution in [2.45, 2.75) is 37.3 Å². The van der Waals surface area contributed by atoms with Crippen LogP contribution >= 0.6 is 0 Å². The number of benzene rings is 1. The Kier molecular flexibility index (Phi) is 5.82. The lowest BCUT2D eigenvalue weighted by Crippen LogP contribution is -2.33. The average molecular weight is 269 g/mol. The van der Waals surface area contributed by atoms with Crippen molar-refractivity contribution >= 4 is 10.8 Å². The molecule has 1 aromatic rings. The normalized spacial score (nSPS) is 16.3. The van der Waals surface area contributed by atoms with Crippen LogP contribution in [0.4, 0.5) is 0 Å². The van der Waals surface area contributed by atoms with Gasteiger partial charge in [-0.05, 0) is 31.7 Å². The minimum atomic E-state index is -0.848. The second kappa shape index (κ2) is 6.90. The highest BCUT2D eigenvalue weighted by molar-refractivity contribution is 7.86. The fourth-order valence-electron chi connectivity index (χ4n) is 2.05. The van der Waals surface area contributed by atoms with Crippen molar-refractivity contribution in [2.75, 3.05) is 14.2 Å². The fraction of sp³-hybridized carbons (Fsp3) is 0.571. The van der Waals surface area contributed by atoms with Gasteiger partial charge in [0.25, 0.3) is 0 Å². The topological polar surface area (TPSA) is 38.3 Å². The van der Waals surface area contributed by atoms with Crippen molar-refractivity contribution in [3.8, 4) is 5.75 Å². The third-order valence-corrected chi connectivity index (χ3v) is 5.02. The number of nitrogens with one attached hydrogen (secondary N) is 1. The molecule has 3 nitrogen and oxygen atoms in total. The van der Waals surface area contributed by atoms with Crippen LogP contribution in [0.2, 0.25) is 0 Å². The number of ether oxygens (including phenoxy) is 1. The lowest BCUT2D eigenvalue weighted by Gasteiger charge is -2.25. The highest BCUT2D eigenvalue weighted by atomic mass is 32.2. The molecule has 0 radical (unpaired) electrons. The number of hydrogen-bond acceptors (Lipinski definition) is 3. The Morgan fingerprint density at radius 1 is 1.17 bits per heavy atom. The molecular formula is C14H23NO2S. The van der Waals surface area contributed by atoms with Crippen molar-refractivity contribution < 1.29 is 8.95 Å². The summed E-state index contributed by atoms with van der Waals surface area (Å²) in [6.45, 7) is 6.02. The van der Waals surface area contributed by atoms with Crippen molar-refractivity contribution in [1.29, 1.82) is 0 Å². The molecule has 0 aliphatic heterocycles. The van der Waals surface area contributed by atoms with E-state index in [4.69, 9.17) is 4.74 Å². The maximum atomic E-state index is 12.2. The van der Waals surface area contributed by atoms with Gasteiger partial charge in [0.2, 0.25) is 0 Å². The summed E-state index contributed by atoms with van der Waals surface area (Å²) in [4.78, 5) is 0. The summed E-state index contributed by atoms with van der Waals surface area (Å²) in [5.74, 6) is 0.839. The SMILES string of the molecule is CNC(c1ccc(OC)cc1)C(C)S(=O)C(C)C. The molecule has 3 atom stereocenters. The second-order valence-electron chi connectivity index (χ2n) is 4.62. The van der Waals surface area contributed by atoms with E-state index < -0.39 is 10.8 Å². The van der Waals surface area contributed by atoms with Gasteiger partial charge < -0.3 is 10.1 Å². The quantitative estimate of drug-likeness (QED) is 0.862. The van der Waals surface area contributed by atoms with Gasteiger partial charge >= 0.3 is 0 Å². The first-order chi connectivity index (χ1) is 8.51. The van der Waals surface area contributed by atoms with Crippen LogP contribution in [0.15, 0.2) is 24.3 Å². The maximum absolute atomic E-state index is 12.2. The lowest BCUT2D eigenvalue weighted by atomic mass is 10.0. The highest BCUT2D eigenvalue weighted by Gasteiger charge is 2.24. The van der Waals surface area contributed by atoms with Gasteiger partial charge in [0, 0.05) is 22.1 Å². The first kappa shape index (κ1) is 15.2. The number of hydrogen-bond donors (Lipinski definition) is 1. The van der Waals surface area contributed by atoms with Gasteiger partial charge in [-0.2, -0.15) is 0 Å². The van der Waals surface area contributed by atoms with E-state index in [2.05, 4.69) is 5.32 Å². The van der Waals surface area contributed by atoms with Crippen LogP contribution in [-0.2, 0) is 10.8 Å². The van der Waals surface area contributed by atoms with Crippen LogP contribution in [0.3, 0.4) is 0 Å². The van der Waals surface area contributed by atoms with Gasteiger partial charge in [-0.1, -0.05) is 26.0 Å². The van der Waals surface area contributed by atoms with E-state index >= 15 is 0 Å². The van der Waals surface area contributed by atoms with Gasteiger partial charge in [-0.3, -0.25) is 4.21 Å². The third-order valence-electron chi connectivity index (χ3n) is 3.09. The first-order valence-electron chi connectivity index (χ1n) is 6.21. The monoisotopic (exact) mass is 269 g/mol. The molecule has 0 bridgehead atoms. The Labute approximate surface area is 112 Å². The van der Waals surface area contributed by atoms with Gasteiger partial charge in [-0.25, -0.2) is 0 Å². The van der Waals surface area contributed by atoms with Crippen molar-refractivity contribution in [2.24, 2.45) is 0 Å². The molecule has 102 valence electrons. The van der Waals surface area contributed by atoms with E-state index in [0.717, 1.165) is 11.3 Å². The van der Waals surface area contributed by atoms with E-state index in [-0.39, 0.29) is 16.5 Å². The van der Waals surface area contributed by atoms with E-state index in [1.807, 2.05) is 52.1 Å². The van der Waals surface area contributed by atoms with Crippen LogP contribution in [0.5, 0.6) is 5.75 Å². The average Bonchev–Trinajstić information content (AvgIpc) is 2.39. The summed E-state index contributed by atoms with van der Waals surface area (Å²) in [7, 11) is 2.71. The zero-order chi connectivity index (χ0) is 13.7. The smallest absolute Gasteiger partial charge is 0.118 e. The van der Waals surface area contributed by atoms with Crippen LogP contribution < -0.4 is 10.1 Å². The predicted octanol–water partition coefficient (Wildman–Crippen LogP) is 2.50. The fourth-order valence-corrected chi connectivity index (χ4v) is 3.47. The molecule has 0 amide bonds. The summed E-state index contributed by atoms with van der Waals surface area (Å²) in [5.41, 5.74) is 1.14. The molecule has 1 aromatic carbocycles. The van der Waals surface area contributed by atoms with Gasteiger partial charge in [0.05, 0.1) is 12.4 Å². The number of rotatable bonds is 6. The Morgan fingerprint density at radius 2 is 1.72 bits per heavy atom. The summed E-state index contributed by atoms with van der Waals surface area (Å²) >= 11 is 0. The molecule has 3 unspecified atom stereocenters. The number of methoxy groups -OCH3 is 1. The predicted molar refractivity (Wildman–Crippen MR) is 77.5 cm³/mol. The van der Waals surface area contributed by atoms with E-state index in [1.165, 1.54) is 0 Å². The van der Waals surface area contributed by atoms with Crippen LogP contribution in [0.1, 0.15) is 32.4 Å². The minimum Gasteiger partial charge on any atom is -0.497 e. The summed E-state index contributed by atoms with van der Waals surface area (Å²) < 4.78 is 17.3. The molecule has 1 rings (SSSR count). The minimum absolute atomic E-state index is 0.0726. The zero-order valence-electron chi connectivity index (χ0n) is 11.8. The van der Waals surface area contributed by atoms with E-state index in [0.29, 0.717) is 0 Å². The van der Waals surface area contributed by atoms with Crippen LogP contribution in [0, 0.1) is 0 Å².